The van der Waals surface area contributed by atoms with Crippen molar-refractivity contribution < 1.29 is 29.3 Å². The Bertz CT molecular complexity index is 721. The summed E-state index contributed by atoms with van der Waals surface area (Å²) in [6.45, 7) is 0.436. The van der Waals surface area contributed by atoms with Crippen LogP contribution in [0, 0.1) is 0 Å². The van der Waals surface area contributed by atoms with Crippen LogP contribution in [0.3, 0.4) is 0 Å². The quantitative estimate of drug-likeness (QED) is 0.773. The Morgan fingerprint density at radius 1 is 1.04 bits per heavy atom. The first-order valence-corrected chi connectivity index (χ1v) is 9.06. The van der Waals surface area contributed by atoms with E-state index in [0.717, 1.165) is 17.7 Å². The number of aliphatic hydroxyl groups is 1. The van der Waals surface area contributed by atoms with Gasteiger partial charge in [0.25, 0.3) is 5.79 Å². The molecular weight excluding hydrogens is 350 g/mol. The van der Waals surface area contributed by atoms with Gasteiger partial charge in [0.15, 0.2) is 0 Å². The summed E-state index contributed by atoms with van der Waals surface area (Å²) >= 11 is 0. The van der Waals surface area contributed by atoms with E-state index in [-0.39, 0.29) is 12.2 Å². The lowest BCUT2D eigenvalue weighted by Crippen LogP contribution is -2.64. The van der Waals surface area contributed by atoms with Crippen molar-refractivity contribution in [2.24, 2.45) is 0 Å². The monoisotopic (exact) mass is 375 g/mol. The first-order chi connectivity index (χ1) is 12.8. The van der Waals surface area contributed by atoms with Gasteiger partial charge in [-0.2, -0.15) is 0 Å². The number of ether oxygens (including phenoxy) is 2. The molecule has 0 saturated heterocycles. The molecule has 0 amide bonds. The first kappa shape index (κ1) is 19.4. The molecule has 0 bridgehead atoms. The normalized spacial score (nSPS) is 25.8. The lowest BCUT2D eigenvalue weighted by molar-refractivity contribution is -0.308. The fraction of sp³-hybridized carbons (Fsp3) is 0.500. The molecule has 1 heterocycles. The maximum Gasteiger partial charge on any atom is 0.334 e. The van der Waals surface area contributed by atoms with Crippen molar-refractivity contribution in [3.63, 3.8) is 0 Å². The minimum absolute atomic E-state index is 0.115. The van der Waals surface area contributed by atoms with Crippen LogP contribution < -0.4 is 0 Å². The predicted molar refractivity (Wildman–Crippen MR) is 96.9 cm³/mol. The summed E-state index contributed by atoms with van der Waals surface area (Å²) in [6.07, 6.45) is 3.95. The highest BCUT2D eigenvalue weighted by Crippen LogP contribution is 2.50. The number of esters is 2. The Hall–Kier alpha value is -2.38. The fourth-order valence-electron chi connectivity index (χ4n) is 4.03. The average Bonchev–Trinajstić information content (AvgIpc) is 2.75. The molecule has 0 radical (unpaired) electrons. The van der Waals surface area contributed by atoms with E-state index in [9.17, 15) is 19.8 Å². The van der Waals surface area contributed by atoms with Gasteiger partial charge in [0.2, 0.25) is 0 Å². The summed E-state index contributed by atoms with van der Waals surface area (Å²) in [6, 6.07) is 6.54. The number of phenols is 1. The van der Waals surface area contributed by atoms with Gasteiger partial charge in [-0.05, 0) is 51.1 Å². The van der Waals surface area contributed by atoms with Crippen LogP contribution in [0.1, 0.15) is 37.2 Å². The molecule has 7 nitrogen and oxygen atoms in total. The highest BCUT2D eigenvalue weighted by molar-refractivity contribution is 5.93. The summed E-state index contributed by atoms with van der Waals surface area (Å²) in [7, 11) is 3.75. The van der Waals surface area contributed by atoms with Crippen molar-refractivity contribution in [1.29, 1.82) is 0 Å². The van der Waals surface area contributed by atoms with Gasteiger partial charge in [0.1, 0.15) is 11.4 Å². The van der Waals surface area contributed by atoms with Gasteiger partial charge in [0.05, 0.1) is 0 Å². The summed E-state index contributed by atoms with van der Waals surface area (Å²) in [4.78, 5) is 26.2. The van der Waals surface area contributed by atoms with E-state index < -0.39 is 29.2 Å². The minimum Gasteiger partial charge on any atom is -0.508 e. The van der Waals surface area contributed by atoms with Crippen LogP contribution in [-0.2, 0) is 19.1 Å². The second-order valence-electron chi connectivity index (χ2n) is 7.47. The Balaban J connectivity index is 2.09. The maximum absolute atomic E-state index is 12.1. The second kappa shape index (κ2) is 7.32. The van der Waals surface area contributed by atoms with Gasteiger partial charge in [-0.15, -0.1) is 0 Å². The Labute approximate surface area is 158 Å². The Morgan fingerprint density at radius 3 is 2.15 bits per heavy atom. The number of rotatable bonds is 4. The summed E-state index contributed by atoms with van der Waals surface area (Å²) in [5.74, 6) is -3.57. The van der Waals surface area contributed by atoms with Crippen LogP contribution in [-0.4, -0.2) is 59.1 Å². The molecule has 2 atom stereocenters. The lowest BCUT2D eigenvalue weighted by Gasteiger charge is -2.51. The maximum atomic E-state index is 12.1. The van der Waals surface area contributed by atoms with Crippen molar-refractivity contribution in [3.8, 4) is 5.75 Å². The zero-order valence-electron chi connectivity index (χ0n) is 15.6. The van der Waals surface area contributed by atoms with Crippen molar-refractivity contribution in [2.75, 3.05) is 20.6 Å². The number of carbonyl (C=O) groups is 2. The van der Waals surface area contributed by atoms with E-state index in [2.05, 4.69) is 0 Å². The third-order valence-electron chi connectivity index (χ3n) is 5.28. The van der Waals surface area contributed by atoms with Crippen LogP contribution in [0.5, 0.6) is 5.75 Å². The predicted octanol–water partition coefficient (Wildman–Crippen LogP) is 1.69. The fourth-order valence-corrected chi connectivity index (χ4v) is 4.03. The largest absolute Gasteiger partial charge is 0.508 e. The van der Waals surface area contributed by atoms with Crippen LogP contribution >= 0.6 is 0 Å². The number of aromatic hydroxyl groups is 1. The molecular formula is C20H25NO6. The van der Waals surface area contributed by atoms with Crippen molar-refractivity contribution in [3.05, 3.63) is 42.0 Å². The molecule has 1 spiro atoms. The molecule has 1 aliphatic heterocycles. The number of phenolic OH excluding ortho intramolecular Hbond substituents is 1. The zero-order chi connectivity index (χ0) is 19.7. The minimum atomic E-state index is -1.75. The third-order valence-corrected chi connectivity index (χ3v) is 5.28. The van der Waals surface area contributed by atoms with Crippen molar-refractivity contribution >= 4 is 11.9 Å². The number of hydrogen-bond acceptors (Lipinski definition) is 7. The molecule has 2 N–H and O–H groups in total. The molecule has 27 heavy (non-hydrogen) atoms. The third kappa shape index (κ3) is 3.70. The molecule has 1 unspecified atom stereocenters. The Morgan fingerprint density at radius 2 is 1.59 bits per heavy atom. The smallest absolute Gasteiger partial charge is 0.334 e. The summed E-state index contributed by atoms with van der Waals surface area (Å²) in [5, 5.41) is 21.5. The molecule has 1 fully saturated rings. The van der Waals surface area contributed by atoms with Gasteiger partial charge >= 0.3 is 11.9 Å². The van der Waals surface area contributed by atoms with E-state index in [0.29, 0.717) is 25.8 Å². The molecule has 0 aromatic heterocycles. The number of benzene rings is 1. The first-order valence-electron chi connectivity index (χ1n) is 9.06. The van der Waals surface area contributed by atoms with Gasteiger partial charge in [0, 0.05) is 31.0 Å². The highest BCUT2D eigenvalue weighted by Gasteiger charge is 2.62. The van der Waals surface area contributed by atoms with Gasteiger partial charge < -0.3 is 24.6 Å². The van der Waals surface area contributed by atoms with E-state index in [1.54, 1.807) is 24.3 Å². The number of likely N-dealkylation sites (N-methyl/N-ethyl adjacent to an activating group) is 1. The standard InChI is InChI=1S/C20H25NO6/c1-21(2)13-16(14-5-7-15(22)8-6-14)19(25)11-3-4-12-20(19)26-17(23)9-10-18(24)27-20/h5-10,16,22,25H,3-4,11-13H2,1-2H3/t16-,19?/m1/s1. The molecule has 1 saturated carbocycles. The van der Waals surface area contributed by atoms with E-state index in [4.69, 9.17) is 9.47 Å². The van der Waals surface area contributed by atoms with Gasteiger partial charge in [-0.25, -0.2) is 9.59 Å². The molecule has 146 valence electrons. The lowest BCUT2D eigenvalue weighted by atomic mass is 9.68. The van der Waals surface area contributed by atoms with Crippen molar-refractivity contribution in [1.82, 2.24) is 4.90 Å². The number of nitrogens with zero attached hydrogens (tertiary/aromatic N) is 1. The van der Waals surface area contributed by atoms with E-state index >= 15 is 0 Å². The molecule has 3 rings (SSSR count). The van der Waals surface area contributed by atoms with Crippen LogP contribution in [0.15, 0.2) is 36.4 Å². The van der Waals surface area contributed by atoms with Crippen LogP contribution in [0.2, 0.25) is 0 Å². The number of hydrogen-bond donors (Lipinski definition) is 2. The molecule has 1 aromatic rings. The average molecular weight is 375 g/mol. The highest BCUT2D eigenvalue weighted by atomic mass is 16.7. The zero-order valence-corrected chi connectivity index (χ0v) is 15.6. The summed E-state index contributed by atoms with van der Waals surface area (Å²) < 4.78 is 11.1. The van der Waals surface area contributed by atoms with Crippen LogP contribution in [0.25, 0.3) is 0 Å². The Kier molecular flexibility index (Phi) is 5.26. The van der Waals surface area contributed by atoms with Crippen LogP contribution in [0.4, 0.5) is 0 Å². The number of carbonyl (C=O) groups excluding carboxylic acids is 2. The topological polar surface area (TPSA) is 96.3 Å². The molecule has 7 heteroatoms. The summed E-state index contributed by atoms with van der Waals surface area (Å²) in [5.41, 5.74) is -0.848. The van der Waals surface area contributed by atoms with E-state index in [1.807, 2.05) is 19.0 Å². The molecule has 1 aliphatic carbocycles. The molecule has 1 aromatic carbocycles. The van der Waals surface area contributed by atoms with Crippen molar-refractivity contribution in [2.45, 2.75) is 43.0 Å². The second-order valence-corrected chi connectivity index (χ2v) is 7.47. The van der Waals surface area contributed by atoms with Gasteiger partial charge in [-0.1, -0.05) is 12.1 Å². The van der Waals surface area contributed by atoms with Gasteiger partial charge in [-0.3, -0.25) is 0 Å². The molecule has 2 aliphatic rings. The van der Waals surface area contributed by atoms with E-state index in [1.165, 1.54) is 0 Å². The SMILES string of the molecule is CN(C)C[C@H](c1ccc(O)cc1)C1(O)CCCCC12OC(=O)C=CC(=O)O2.